The molecule has 6 nitrogen and oxygen atoms in total. The molecule has 6 heteroatoms. The molecule has 0 unspecified atom stereocenters. The molecule has 0 saturated carbocycles. The van der Waals surface area contributed by atoms with E-state index in [1.54, 1.807) is 6.07 Å². The maximum Gasteiger partial charge on any atom is 0.281 e. The topological polar surface area (TPSA) is 94.0 Å². The van der Waals surface area contributed by atoms with E-state index in [0.717, 1.165) is 5.56 Å². The highest BCUT2D eigenvalue weighted by Crippen LogP contribution is 2.15. The third kappa shape index (κ3) is 1.85. The largest absolute Gasteiger partial charge is 0.379 e. The van der Waals surface area contributed by atoms with Crippen LogP contribution in [-0.2, 0) is 0 Å². The minimum absolute atomic E-state index is 0.0109. The van der Waals surface area contributed by atoms with Crippen molar-refractivity contribution >= 4 is 17.4 Å². The Morgan fingerprint density at radius 3 is 2.75 bits per heavy atom. The number of hydrogen-bond donors (Lipinski definition) is 2. The van der Waals surface area contributed by atoms with Gasteiger partial charge in [0.25, 0.3) is 5.91 Å². The molecule has 82 valence electrons. The van der Waals surface area contributed by atoms with Gasteiger partial charge in [0.05, 0.1) is 0 Å². The first-order chi connectivity index (χ1) is 7.68. The summed E-state index contributed by atoms with van der Waals surface area (Å²) in [5.41, 5.74) is 7.05. The van der Waals surface area contributed by atoms with Crippen molar-refractivity contribution < 1.29 is 9.42 Å². The van der Waals surface area contributed by atoms with Crippen LogP contribution in [0.1, 0.15) is 16.1 Å². The minimum atomic E-state index is -0.437. The van der Waals surface area contributed by atoms with E-state index < -0.39 is 5.91 Å². The molecule has 0 aliphatic rings. The van der Waals surface area contributed by atoms with Crippen LogP contribution in [0, 0.1) is 6.92 Å². The number of nitrogens with zero attached hydrogens (tertiary/aromatic N) is 2. The zero-order valence-corrected chi connectivity index (χ0v) is 8.60. The van der Waals surface area contributed by atoms with Crippen molar-refractivity contribution in [1.82, 2.24) is 10.3 Å². The quantitative estimate of drug-likeness (QED) is 0.790. The van der Waals surface area contributed by atoms with Gasteiger partial charge in [0.2, 0.25) is 11.5 Å². The highest BCUT2D eigenvalue weighted by atomic mass is 16.6. The van der Waals surface area contributed by atoms with Crippen molar-refractivity contribution in [1.29, 1.82) is 0 Å². The van der Waals surface area contributed by atoms with Crippen molar-refractivity contribution in [3.63, 3.8) is 0 Å². The van der Waals surface area contributed by atoms with E-state index in [1.165, 1.54) is 0 Å². The van der Waals surface area contributed by atoms with Crippen molar-refractivity contribution in [3.8, 4) is 0 Å². The van der Waals surface area contributed by atoms with Crippen LogP contribution in [-0.4, -0.2) is 16.2 Å². The van der Waals surface area contributed by atoms with Crippen LogP contribution in [0.3, 0.4) is 0 Å². The van der Waals surface area contributed by atoms with Gasteiger partial charge in [-0.1, -0.05) is 18.2 Å². The number of nitrogens with one attached hydrogen (secondary N) is 1. The molecule has 0 radical (unpaired) electrons. The van der Waals surface area contributed by atoms with Crippen LogP contribution in [0.25, 0.3) is 0 Å². The molecular formula is C10H10N4O2. The molecule has 0 fully saturated rings. The molecule has 16 heavy (non-hydrogen) atoms. The number of carbonyl (C=O) groups excluding carboxylic acids is 1. The number of nitrogens with two attached hydrogens (primary N) is 1. The summed E-state index contributed by atoms with van der Waals surface area (Å²) in [6.45, 7) is 1.89. The van der Waals surface area contributed by atoms with Gasteiger partial charge in [-0.25, -0.2) is 4.63 Å². The number of aryl methyl sites for hydroxylation is 1. The number of carbonyl (C=O) groups is 1. The van der Waals surface area contributed by atoms with Crippen molar-refractivity contribution in [2.45, 2.75) is 6.92 Å². The van der Waals surface area contributed by atoms with Crippen LogP contribution < -0.4 is 11.1 Å². The summed E-state index contributed by atoms with van der Waals surface area (Å²) in [4.78, 5) is 11.7. The second-order valence-electron chi connectivity index (χ2n) is 3.27. The number of benzene rings is 1. The molecular weight excluding hydrogens is 208 g/mol. The van der Waals surface area contributed by atoms with Gasteiger partial charge in [-0.2, -0.15) is 0 Å². The zero-order chi connectivity index (χ0) is 11.5. The number of amides is 1. The van der Waals surface area contributed by atoms with E-state index in [2.05, 4.69) is 20.3 Å². The highest BCUT2D eigenvalue weighted by molar-refractivity contribution is 6.05. The number of hydrogen-bond acceptors (Lipinski definition) is 5. The van der Waals surface area contributed by atoms with Gasteiger partial charge in [-0.15, -0.1) is 0 Å². The van der Waals surface area contributed by atoms with E-state index in [1.807, 2.05) is 25.1 Å². The molecule has 0 saturated heterocycles. The summed E-state index contributed by atoms with van der Waals surface area (Å²) >= 11 is 0. The monoisotopic (exact) mass is 218 g/mol. The van der Waals surface area contributed by atoms with Crippen LogP contribution in [0.4, 0.5) is 11.5 Å². The summed E-state index contributed by atoms with van der Waals surface area (Å²) in [5, 5.41) is 9.42. The molecule has 0 spiro atoms. The fourth-order valence-electron chi connectivity index (χ4n) is 1.25. The van der Waals surface area contributed by atoms with Gasteiger partial charge < -0.3 is 11.1 Å². The summed E-state index contributed by atoms with van der Waals surface area (Å²) in [6, 6.07) is 7.39. The predicted molar refractivity (Wildman–Crippen MR) is 57.8 cm³/mol. The van der Waals surface area contributed by atoms with Crippen molar-refractivity contribution in [2.75, 3.05) is 11.1 Å². The lowest BCUT2D eigenvalue weighted by molar-refractivity contribution is 0.101. The van der Waals surface area contributed by atoms with Gasteiger partial charge in [-0.3, -0.25) is 4.79 Å². The number of rotatable bonds is 2. The molecule has 0 bridgehead atoms. The minimum Gasteiger partial charge on any atom is -0.379 e. The van der Waals surface area contributed by atoms with E-state index in [-0.39, 0.29) is 11.5 Å². The van der Waals surface area contributed by atoms with E-state index in [0.29, 0.717) is 5.69 Å². The molecule has 2 aromatic rings. The molecule has 1 amide bonds. The summed E-state index contributed by atoms with van der Waals surface area (Å²) in [7, 11) is 0. The van der Waals surface area contributed by atoms with Crippen LogP contribution in [0.5, 0.6) is 0 Å². The summed E-state index contributed by atoms with van der Waals surface area (Å²) < 4.78 is 4.35. The van der Waals surface area contributed by atoms with Crippen LogP contribution in [0.2, 0.25) is 0 Å². The standard InChI is InChI=1S/C10H10N4O2/c1-6-4-2-3-5-7(6)12-10(15)8-9(11)14-16-13-8/h2-5H,1H3,(H2,11,14)(H,12,15). The normalized spacial score (nSPS) is 10.1. The first-order valence-corrected chi connectivity index (χ1v) is 4.63. The number of aromatic nitrogens is 2. The zero-order valence-electron chi connectivity index (χ0n) is 8.60. The van der Waals surface area contributed by atoms with Crippen LogP contribution in [0.15, 0.2) is 28.9 Å². The lowest BCUT2D eigenvalue weighted by atomic mass is 10.2. The van der Waals surface area contributed by atoms with Crippen molar-refractivity contribution in [2.24, 2.45) is 0 Å². The molecule has 0 atom stereocenters. The third-order valence-corrected chi connectivity index (χ3v) is 2.12. The van der Waals surface area contributed by atoms with E-state index in [4.69, 9.17) is 5.73 Å². The maximum absolute atomic E-state index is 11.7. The fraction of sp³-hybridized carbons (Fsp3) is 0.100. The third-order valence-electron chi connectivity index (χ3n) is 2.12. The SMILES string of the molecule is Cc1ccccc1NC(=O)c1nonc1N. The average Bonchev–Trinajstić information content (AvgIpc) is 2.68. The Morgan fingerprint density at radius 1 is 1.38 bits per heavy atom. The Hall–Kier alpha value is -2.37. The smallest absolute Gasteiger partial charge is 0.281 e. The van der Waals surface area contributed by atoms with Gasteiger partial charge in [-0.05, 0) is 28.9 Å². The Morgan fingerprint density at radius 2 is 2.12 bits per heavy atom. The molecule has 0 aliphatic heterocycles. The van der Waals surface area contributed by atoms with E-state index >= 15 is 0 Å². The fourth-order valence-corrected chi connectivity index (χ4v) is 1.25. The van der Waals surface area contributed by atoms with Gasteiger partial charge in [0.1, 0.15) is 0 Å². The Bertz CT molecular complexity index is 521. The Labute approximate surface area is 91.4 Å². The lowest BCUT2D eigenvalue weighted by Crippen LogP contribution is -2.14. The molecule has 2 rings (SSSR count). The van der Waals surface area contributed by atoms with Crippen molar-refractivity contribution in [3.05, 3.63) is 35.5 Å². The van der Waals surface area contributed by atoms with Gasteiger partial charge in [0, 0.05) is 5.69 Å². The second-order valence-corrected chi connectivity index (χ2v) is 3.27. The Balaban J connectivity index is 2.21. The molecule has 1 aromatic carbocycles. The molecule has 0 aliphatic carbocycles. The number of anilines is 2. The van der Waals surface area contributed by atoms with Gasteiger partial charge in [0.15, 0.2) is 0 Å². The summed E-state index contributed by atoms with van der Waals surface area (Å²) in [5.74, 6) is -0.459. The number of para-hydroxylation sites is 1. The highest BCUT2D eigenvalue weighted by Gasteiger charge is 2.16. The first kappa shape index (κ1) is 10.2. The molecule has 1 aromatic heterocycles. The lowest BCUT2D eigenvalue weighted by Gasteiger charge is -2.05. The van der Waals surface area contributed by atoms with Crippen LogP contribution >= 0.6 is 0 Å². The maximum atomic E-state index is 11.7. The summed E-state index contributed by atoms with van der Waals surface area (Å²) in [6.07, 6.45) is 0. The Kier molecular flexibility index (Phi) is 2.55. The first-order valence-electron chi connectivity index (χ1n) is 4.63. The molecule has 1 heterocycles. The predicted octanol–water partition coefficient (Wildman–Crippen LogP) is 1.21. The average molecular weight is 218 g/mol. The molecule has 3 N–H and O–H groups in total. The van der Waals surface area contributed by atoms with E-state index in [9.17, 15) is 4.79 Å². The number of nitrogen functional groups attached to an aromatic ring is 1. The van der Waals surface area contributed by atoms with Gasteiger partial charge >= 0.3 is 0 Å². The second kappa shape index (κ2) is 4.01.